The van der Waals surface area contributed by atoms with Gasteiger partial charge in [0.15, 0.2) is 5.78 Å². The molecular formula is C26H35N3O8. The van der Waals surface area contributed by atoms with Gasteiger partial charge < -0.3 is 20.1 Å². The van der Waals surface area contributed by atoms with E-state index in [0.717, 1.165) is 0 Å². The average molecular weight is 518 g/mol. The summed E-state index contributed by atoms with van der Waals surface area (Å²) >= 11 is 0. The number of imide groups is 1. The van der Waals surface area contributed by atoms with Crippen molar-refractivity contribution in [3.63, 3.8) is 0 Å². The van der Waals surface area contributed by atoms with Crippen molar-refractivity contribution in [3.05, 3.63) is 35.4 Å². The molecule has 1 saturated heterocycles. The van der Waals surface area contributed by atoms with Crippen molar-refractivity contribution in [2.24, 2.45) is 17.8 Å². The summed E-state index contributed by atoms with van der Waals surface area (Å²) in [4.78, 5) is 74.5. The number of methoxy groups -OCH3 is 1. The van der Waals surface area contributed by atoms with Gasteiger partial charge in [-0.3, -0.25) is 24.5 Å². The quantitative estimate of drug-likeness (QED) is 0.255. The number of ketones is 1. The van der Waals surface area contributed by atoms with Crippen LogP contribution in [0.2, 0.25) is 0 Å². The van der Waals surface area contributed by atoms with Crippen molar-refractivity contribution >= 4 is 35.6 Å². The highest BCUT2D eigenvalue weighted by atomic mass is 16.6. The van der Waals surface area contributed by atoms with Crippen LogP contribution in [0, 0.1) is 17.8 Å². The number of benzene rings is 1. The van der Waals surface area contributed by atoms with E-state index in [0.29, 0.717) is 5.56 Å². The summed E-state index contributed by atoms with van der Waals surface area (Å²) in [5.74, 6) is -5.28. The van der Waals surface area contributed by atoms with Crippen molar-refractivity contribution in [1.82, 2.24) is 16.0 Å². The first-order valence-electron chi connectivity index (χ1n) is 12.0. The molecule has 1 heterocycles. The molecular weight excluding hydrogens is 482 g/mol. The van der Waals surface area contributed by atoms with Crippen molar-refractivity contribution in [1.29, 1.82) is 0 Å². The molecule has 0 bridgehead atoms. The van der Waals surface area contributed by atoms with Crippen LogP contribution in [0.25, 0.3) is 0 Å². The molecule has 0 aromatic heterocycles. The van der Waals surface area contributed by atoms with Crippen LogP contribution < -0.4 is 16.0 Å². The lowest BCUT2D eigenvalue weighted by Gasteiger charge is -2.26. The second-order valence-electron chi connectivity index (χ2n) is 10.3. The van der Waals surface area contributed by atoms with Gasteiger partial charge in [-0.2, -0.15) is 0 Å². The summed E-state index contributed by atoms with van der Waals surface area (Å²) in [5, 5.41) is 7.47. The maximum atomic E-state index is 13.1. The Morgan fingerprint density at radius 1 is 1.00 bits per heavy atom. The molecule has 1 aromatic carbocycles. The zero-order chi connectivity index (χ0) is 28.1. The number of hydrogen-bond donors (Lipinski definition) is 3. The second-order valence-corrected chi connectivity index (χ2v) is 10.3. The number of rotatable bonds is 9. The Morgan fingerprint density at radius 2 is 1.59 bits per heavy atom. The highest BCUT2D eigenvalue weighted by Gasteiger charge is 2.46. The standard InChI is InChI=1S/C26H35N3O8/c1-13(2)20(21(31)19-14(3)22(32)29-23(19)33)28-18(30)12-17(27-25(35)37-26(4,5)6)15-8-10-16(11-9-15)24(34)36-7/h8-11,13-14,17,19-20H,12H2,1-7H3,(H,27,35)(H,28,30)(H,29,32,33)/t14-,17?,19+,20-/m0/s1. The van der Waals surface area contributed by atoms with E-state index in [1.807, 2.05) is 0 Å². The molecule has 37 heavy (non-hydrogen) atoms. The fourth-order valence-electron chi connectivity index (χ4n) is 3.92. The molecule has 0 saturated carbocycles. The number of nitrogens with one attached hydrogen (secondary N) is 3. The van der Waals surface area contributed by atoms with Crippen molar-refractivity contribution in [3.8, 4) is 0 Å². The van der Waals surface area contributed by atoms with Gasteiger partial charge in [0, 0.05) is 0 Å². The van der Waals surface area contributed by atoms with Crippen LogP contribution in [0.5, 0.6) is 0 Å². The highest BCUT2D eigenvalue weighted by Crippen LogP contribution is 2.24. The van der Waals surface area contributed by atoms with Crippen LogP contribution in [-0.2, 0) is 28.7 Å². The SMILES string of the molecule is COC(=O)c1ccc(C(CC(=O)N[C@H](C(=O)[C@@H]2C(=O)NC(=O)[C@H]2C)C(C)C)NC(=O)OC(C)(C)C)cc1. The van der Waals surface area contributed by atoms with Gasteiger partial charge >= 0.3 is 12.1 Å². The molecule has 3 N–H and O–H groups in total. The van der Waals surface area contributed by atoms with Gasteiger partial charge in [0.05, 0.1) is 37.1 Å². The number of carbonyl (C=O) groups is 6. The number of carbonyl (C=O) groups excluding carboxylic acids is 6. The van der Waals surface area contributed by atoms with Crippen LogP contribution in [0.1, 0.15) is 69.9 Å². The van der Waals surface area contributed by atoms with Crippen molar-refractivity contribution < 1.29 is 38.2 Å². The van der Waals surface area contributed by atoms with Crippen LogP contribution in [0.3, 0.4) is 0 Å². The minimum absolute atomic E-state index is 0.265. The van der Waals surface area contributed by atoms with E-state index in [2.05, 4.69) is 16.0 Å². The topological polar surface area (TPSA) is 157 Å². The molecule has 1 unspecified atom stereocenters. The minimum Gasteiger partial charge on any atom is -0.465 e. The Morgan fingerprint density at radius 3 is 2.05 bits per heavy atom. The fourth-order valence-corrected chi connectivity index (χ4v) is 3.92. The molecule has 4 atom stereocenters. The summed E-state index contributed by atoms with van der Waals surface area (Å²) in [7, 11) is 1.26. The van der Waals surface area contributed by atoms with Crippen LogP contribution >= 0.6 is 0 Å². The van der Waals surface area contributed by atoms with Crippen LogP contribution in [0.4, 0.5) is 4.79 Å². The Bertz CT molecular complexity index is 1060. The van der Waals surface area contributed by atoms with Gasteiger partial charge in [-0.05, 0) is 44.4 Å². The Labute approximate surface area is 216 Å². The van der Waals surface area contributed by atoms with Gasteiger partial charge in [-0.1, -0.05) is 32.9 Å². The summed E-state index contributed by atoms with van der Waals surface area (Å²) in [6.07, 6.45) is -1.02. The minimum atomic E-state index is -1.19. The molecule has 1 aromatic rings. The predicted molar refractivity (Wildman–Crippen MR) is 132 cm³/mol. The van der Waals surface area contributed by atoms with E-state index >= 15 is 0 Å². The number of hydrogen-bond acceptors (Lipinski definition) is 8. The molecule has 0 aliphatic carbocycles. The first kappa shape index (κ1) is 29.5. The third-order valence-corrected chi connectivity index (χ3v) is 5.85. The molecule has 202 valence electrons. The number of alkyl carbamates (subject to hydrolysis) is 1. The van der Waals surface area contributed by atoms with E-state index in [1.165, 1.54) is 26.2 Å². The monoisotopic (exact) mass is 517 g/mol. The van der Waals surface area contributed by atoms with E-state index in [-0.39, 0.29) is 17.9 Å². The predicted octanol–water partition coefficient (Wildman–Crippen LogP) is 2.05. The molecule has 11 heteroatoms. The lowest BCUT2D eigenvalue weighted by molar-refractivity contribution is -0.137. The smallest absolute Gasteiger partial charge is 0.408 e. The lowest BCUT2D eigenvalue weighted by Crippen LogP contribution is -2.49. The molecule has 4 amide bonds. The molecule has 1 aliphatic rings. The molecule has 1 aliphatic heterocycles. The van der Waals surface area contributed by atoms with E-state index in [4.69, 9.17) is 9.47 Å². The Hall–Kier alpha value is -3.76. The van der Waals surface area contributed by atoms with Crippen molar-refractivity contribution in [2.75, 3.05) is 7.11 Å². The first-order chi connectivity index (χ1) is 17.1. The third-order valence-electron chi connectivity index (χ3n) is 5.85. The van der Waals surface area contributed by atoms with Crippen LogP contribution in [0.15, 0.2) is 24.3 Å². The number of amides is 4. The maximum Gasteiger partial charge on any atom is 0.408 e. The van der Waals surface area contributed by atoms with Gasteiger partial charge in [0.1, 0.15) is 11.5 Å². The zero-order valence-electron chi connectivity index (χ0n) is 22.2. The number of ether oxygens (including phenoxy) is 2. The van der Waals surface area contributed by atoms with E-state index < -0.39 is 65.1 Å². The average Bonchev–Trinajstić information content (AvgIpc) is 3.05. The van der Waals surface area contributed by atoms with E-state index in [9.17, 15) is 28.8 Å². The number of esters is 1. The highest BCUT2D eigenvalue weighted by molar-refractivity contribution is 6.16. The Balaban J connectivity index is 2.25. The summed E-state index contributed by atoms with van der Waals surface area (Å²) in [5.41, 5.74) is 0.0164. The second kappa shape index (κ2) is 12.0. The molecule has 2 rings (SSSR count). The molecule has 0 spiro atoms. The van der Waals surface area contributed by atoms with Gasteiger partial charge in [-0.25, -0.2) is 9.59 Å². The van der Waals surface area contributed by atoms with Crippen molar-refractivity contribution in [2.45, 2.75) is 65.6 Å². The first-order valence-corrected chi connectivity index (χ1v) is 12.0. The van der Waals surface area contributed by atoms with Gasteiger partial charge in [-0.15, -0.1) is 0 Å². The normalized spacial score (nSPS) is 19.0. The summed E-state index contributed by atoms with van der Waals surface area (Å²) in [6, 6.07) is 4.26. The maximum absolute atomic E-state index is 13.1. The molecule has 1 fully saturated rings. The fraction of sp³-hybridized carbons (Fsp3) is 0.538. The van der Waals surface area contributed by atoms with E-state index in [1.54, 1.807) is 46.8 Å². The van der Waals surface area contributed by atoms with Gasteiger partial charge in [0.25, 0.3) is 0 Å². The lowest BCUT2D eigenvalue weighted by atomic mass is 9.85. The molecule has 0 radical (unpaired) electrons. The third kappa shape index (κ3) is 7.86. The zero-order valence-corrected chi connectivity index (χ0v) is 22.2. The Kier molecular flexibility index (Phi) is 9.55. The number of Topliss-reactive ketones (excluding diaryl/α,β-unsaturated/α-hetero) is 1. The largest absolute Gasteiger partial charge is 0.465 e. The summed E-state index contributed by atoms with van der Waals surface area (Å²) in [6.45, 7) is 10.0. The molecule has 11 nitrogen and oxygen atoms in total. The van der Waals surface area contributed by atoms with Gasteiger partial charge in [0.2, 0.25) is 17.7 Å². The van der Waals surface area contributed by atoms with Crippen LogP contribution in [-0.4, -0.2) is 54.3 Å². The summed E-state index contributed by atoms with van der Waals surface area (Å²) < 4.78 is 10.0.